The molecule has 0 saturated heterocycles. The van der Waals surface area contributed by atoms with E-state index in [2.05, 4.69) is 10.3 Å². The summed E-state index contributed by atoms with van der Waals surface area (Å²) in [5.41, 5.74) is 0.894. The van der Waals surface area contributed by atoms with Gasteiger partial charge in [-0.15, -0.1) is 0 Å². The molecule has 3 rings (SSSR count). The van der Waals surface area contributed by atoms with Crippen molar-refractivity contribution in [3.8, 4) is 11.5 Å². The van der Waals surface area contributed by atoms with Crippen molar-refractivity contribution in [3.63, 3.8) is 0 Å². The summed E-state index contributed by atoms with van der Waals surface area (Å²) < 4.78 is 10.8. The number of aromatic hydroxyl groups is 1. The average molecular weight is 394 g/mol. The molecule has 1 unspecified atom stereocenters. The third-order valence-corrected chi connectivity index (χ3v) is 4.49. The molecule has 2 heterocycles. The lowest BCUT2D eigenvalue weighted by atomic mass is 9.91. The van der Waals surface area contributed by atoms with Gasteiger partial charge in [-0.2, -0.15) is 0 Å². The number of ether oxygens (including phenoxy) is 1. The Morgan fingerprint density at radius 2 is 2.00 bits per heavy atom. The van der Waals surface area contributed by atoms with Crippen molar-refractivity contribution in [1.29, 1.82) is 0 Å². The number of aromatic nitrogens is 1. The third-order valence-electron chi connectivity index (χ3n) is 4.49. The fraction of sp³-hybridized carbons (Fsp3) is 0.227. The van der Waals surface area contributed by atoms with E-state index in [-0.39, 0.29) is 24.6 Å². The van der Waals surface area contributed by atoms with E-state index in [0.29, 0.717) is 17.1 Å². The second kappa shape index (κ2) is 9.05. The lowest BCUT2D eigenvalue weighted by Crippen LogP contribution is -2.25. The summed E-state index contributed by atoms with van der Waals surface area (Å²) in [6.45, 7) is 1.90. The highest BCUT2D eigenvalue weighted by molar-refractivity contribution is 5.77. The van der Waals surface area contributed by atoms with E-state index < -0.39 is 17.1 Å². The number of rotatable bonds is 7. The highest BCUT2D eigenvalue weighted by Gasteiger charge is 2.25. The first kappa shape index (κ1) is 20.1. The van der Waals surface area contributed by atoms with Crippen molar-refractivity contribution >= 4 is 5.91 Å². The van der Waals surface area contributed by atoms with Gasteiger partial charge in [0.25, 0.3) is 0 Å². The summed E-state index contributed by atoms with van der Waals surface area (Å²) in [6, 6.07) is 13.7. The van der Waals surface area contributed by atoms with E-state index in [9.17, 15) is 14.7 Å². The van der Waals surface area contributed by atoms with Crippen LogP contribution in [0.4, 0.5) is 0 Å². The lowest BCUT2D eigenvalue weighted by Gasteiger charge is -2.18. The van der Waals surface area contributed by atoms with Crippen LogP contribution in [-0.2, 0) is 11.3 Å². The summed E-state index contributed by atoms with van der Waals surface area (Å²) in [4.78, 5) is 28.8. The molecule has 1 atom stereocenters. The van der Waals surface area contributed by atoms with Gasteiger partial charge < -0.3 is 19.6 Å². The van der Waals surface area contributed by atoms with Crippen LogP contribution in [0.2, 0.25) is 0 Å². The maximum atomic E-state index is 12.6. The van der Waals surface area contributed by atoms with Crippen LogP contribution >= 0.6 is 0 Å². The number of pyridine rings is 1. The molecule has 0 bridgehead atoms. The van der Waals surface area contributed by atoms with Crippen molar-refractivity contribution in [2.45, 2.75) is 25.8 Å². The number of benzene rings is 1. The minimum absolute atomic E-state index is 0.0148. The molecule has 2 aromatic heterocycles. The Hall–Kier alpha value is -3.61. The number of aryl methyl sites for hydroxylation is 1. The van der Waals surface area contributed by atoms with E-state index in [1.807, 2.05) is 12.1 Å². The Morgan fingerprint density at radius 3 is 2.66 bits per heavy atom. The topological polar surface area (TPSA) is 102 Å². The Balaban J connectivity index is 1.88. The highest BCUT2D eigenvalue weighted by atomic mass is 16.5. The first-order valence-electron chi connectivity index (χ1n) is 9.12. The van der Waals surface area contributed by atoms with E-state index in [4.69, 9.17) is 9.15 Å². The van der Waals surface area contributed by atoms with Crippen LogP contribution in [0.5, 0.6) is 11.5 Å². The number of nitrogens with one attached hydrogen (secondary N) is 1. The minimum Gasteiger partial charge on any atom is -0.502 e. The predicted molar refractivity (Wildman–Crippen MR) is 107 cm³/mol. The van der Waals surface area contributed by atoms with Gasteiger partial charge in [-0.05, 0) is 36.8 Å². The Morgan fingerprint density at radius 1 is 1.24 bits per heavy atom. The van der Waals surface area contributed by atoms with Crippen LogP contribution in [0.15, 0.2) is 63.9 Å². The maximum Gasteiger partial charge on any atom is 0.227 e. The second-order valence-corrected chi connectivity index (χ2v) is 6.56. The average Bonchev–Trinajstić information content (AvgIpc) is 2.74. The monoisotopic (exact) mass is 394 g/mol. The molecule has 0 aliphatic carbocycles. The molecule has 2 N–H and O–H groups in total. The molecule has 0 radical (unpaired) electrons. The molecular weight excluding hydrogens is 372 g/mol. The molecule has 1 aromatic carbocycles. The van der Waals surface area contributed by atoms with Crippen LogP contribution in [0, 0.1) is 6.92 Å². The maximum absolute atomic E-state index is 12.6. The van der Waals surface area contributed by atoms with Gasteiger partial charge in [-0.25, -0.2) is 0 Å². The van der Waals surface area contributed by atoms with Crippen molar-refractivity contribution in [1.82, 2.24) is 10.3 Å². The summed E-state index contributed by atoms with van der Waals surface area (Å²) in [6.07, 6.45) is 1.64. The first-order valence-corrected chi connectivity index (χ1v) is 9.12. The second-order valence-electron chi connectivity index (χ2n) is 6.56. The molecule has 0 aliphatic rings. The zero-order valence-electron chi connectivity index (χ0n) is 16.2. The molecule has 0 saturated carbocycles. The molecule has 3 aromatic rings. The number of hydrogen-bond donors (Lipinski definition) is 2. The highest BCUT2D eigenvalue weighted by Crippen LogP contribution is 2.33. The summed E-state index contributed by atoms with van der Waals surface area (Å²) in [5.74, 6) is -0.323. The molecule has 1 amide bonds. The van der Waals surface area contributed by atoms with Crippen LogP contribution < -0.4 is 15.5 Å². The van der Waals surface area contributed by atoms with Crippen LogP contribution in [-0.4, -0.2) is 23.1 Å². The quantitative estimate of drug-likeness (QED) is 0.639. The van der Waals surface area contributed by atoms with Gasteiger partial charge >= 0.3 is 0 Å². The lowest BCUT2D eigenvalue weighted by molar-refractivity contribution is -0.121. The van der Waals surface area contributed by atoms with Crippen molar-refractivity contribution < 1.29 is 19.1 Å². The molecule has 0 spiro atoms. The van der Waals surface area contributed by atoms with Gasteiger partial charge in [-0.3, -0.25) is 14.6 Å². The molecule has 0 aliphatic heterocycles. The number of methoxy groups -OCH3 is 1. The van der Waals surface area contributed by atoms with Crippen LogP contribution in [0.3, 0.4) is 0 Å². The minimum atomic E-state index is -0.641. The molecule has 150 valence electrons. The fourth-order valence-electron chi connectivity index (χ4n) is 3.01. The van der Waals surface area contributed by atoms with Gasteiger partial charge in [0, 0.05) is 18.7 Å². The largest absolute Gasteiger partial charge is 0.502 e. The fourth-order valence-corrected chi connectivity index (χ4v) is 3.01. The van der Waals surface area contributed by atoms with Gasteiger partial charge in [0.1, 0.15) is 11.5 Å². The number of nitrogens with zero attached hydrogens (tertiary/aromatic N) is 1. The van der Waals surface area contributed by atoms with Crippen molar-refractivity contribution in [2.75, 3.05) is 7.11 Å². The number of carbonyl (C=O) groups is 1. The zero-order valence-corrected chi connectivity index (χ0v) is 16.2. The van der Waals surface area contributed by atoms with Gasteiger partial charge in [0.05, 0.1) is 25.3 Å². The third kappa shape index (κ3) is 5.01. The van der Waals surface area contributed by atoms with Gasteiger partial charge in [0.2, 0.25) is 17.1 Å². The smallest absolute Gasteiger partial charge is 0.227 e. The van der Waals surface area contributed by atoms with E-state index in [1.54, 1.807) is 50.6 Å². The number of hydrogen-bond acceptors (Lipinski definition) is 6. The Labute approximate surface area is 168 Å². The Kier molecular flexibility index (Phi) is 6.29. The molecule has 0 fully saturated rings. The summed E-state index contributed by atoms with van der Waals surface area (Å²) in [7, 11) is 1.56. The first-order chi connectivity index (χ1) is 14.0. The normalized spacial score (nSPS) is 11.7. The summed E-state index contributed by atoms with van der Waals surface area (Å²) in [5, 5.41) is 13.1. The van der Waals surface area contributed by atoms with E-state index in [1.165, 1.54) is 6.07 Å². The predicted octanol–water partition coefficient (Wildman–Crippen LogP) is 2.90. The van der Waals surface area contributed by atoms with Crippen LogP contribution in [0.25, 0.3) is 0 Å². The number of carbonyl (C=O) groups excluding carboxylic acids is 1. The van der Waals surface area contributed by atoms with Crippen molar-refractivity contribution in [2.24, 2.45) is 0 Å². The number of amides is 1. The van der Waals surface area contributed by atoms with E-state index in [0.717, 1.165) is 5.69 Å². The van der Waals surface area contributed by atoms with Crippen LogP contribution in [0.1, 0.15) is 35.1 Å². The van der Waals surface area contributed by atoms with Crippen molar-refractivity contribution in [3.05, 3.63) is 87.7 Å². The molecule has 7 nitrogen and oxygen atoms in total. The Bertz CT molecular complexity index is 1030. The zero-order chi connectivity index (χ0) is 20.8. The van der Waals surface area contributed by atoms with E-state index >= 15 is 0 Å². The molecule has 7 heteroatoms. The standard InChI is InChI=1S/C22H22N2O5/c1-14-11-19(25)21(27)22(29-14)18(15-6-8-17(28-2)9-7-15)12-20(26)24-13-16-5-3-4-10-23-16/h3-11,18,27H,12-13H2,1-2H3,(H,24,26). The summed E-state index contributed by atoms with van der Waals surface area (Å²) >= 11 is 0. The molecule has 29 heavy (non-hydrogen) atoms. The SMILES string of the molecule is COc1ccc(C(CC(=O)NCc2ccccn2)c2oc(C)cc(=O)c2O)cc1. The van der Waals surface area contributed by atoms with Gasteiger partial charge in [0.15, 0.2) is 5.76 Å². The van der Waals surface area contributed by atoms with Gasteiger partial charge in [-0.1, -0.05) is 18.2 Å². The molecular formula is C22H22N2O5.